The van der Waals surface area contributed by atoms with Crippen LogP contribution in [0.1, 0.15) is 24.6 Å². The van der Waals surface area contributed by atoms with E-state index >= 15 is 0 Å². The fraction of sp³-hybridized carbons (Fsp3) is 0.455. The van der Waals surface area contributed by atoms with Crippen LogP contribution >= 0.6 is 23.6 Å². The Bertz CT molecular complexity index is 502. The molecular weight excluding hydrogens is 274 g/mol. The lowest BCUT2D eigenvalue weighted by atomic mass is 10.3. The molecule has 0 aromatic carbocycles. The number of aliphatic hydroxyl groups is 1. The monoisotopic (exact) mass is 289 g/mol. The molecule has 5 nitrogen and oxygen atoms in total. The van der Waals surface area contributed by atoms with Crippen LogP contribution in [0.5, 0.6) is 5.88 Å². The molecule has 0 aliphatic heterocycles. The largest absolute Gasteiger partial charge is 0.493 e. The molecule has 1 unspecified atom stereocenters. The summed E-state index contributed by atoms with van der Waals surface area (Å²) in [5.41, 5.74) is 0. The summed E-state index contributed by atoms with van der Waals surface area (Å²) >= 11 is 6.32. The molecule has 1 aromatic rings. The number of carbonyl (C=O) groups is 1. The van der Waals surface area contributed by atoms with Crippen molar-refractivity contribution < 1.29 is 20.1 Å². The molecule has 100 valence electrons. The quantitative estimate of drug-likeness (QED) is 0.700. The molecule has 3 N–H and O–H groups in total. The molecule has 0 fully saturated rings. The van der Waals surface area contributed by atoms with Gasteiger partial charge in [0.1, 0.15) is 0 Å². The number of hydrogen-bond donors (Lipinski definition) is 3. The van der Waals surface area contributed by atoms with E-state index in [1.165, 1.54) is 15.9 Å². The topological polar surface area (TPSA) is 82.7 Å². The summed E-state index contributed by atoms with van der Waals surface area (Å²) in [5.74, 6) is -0.849. The van der Waals surface area contributed by atoms with E-state index in [0.717, 1.165) is 0 Å². The lowest BCUT2D eigenvalue weighted by Crippen LogP contribution is -2.01. The molecule has 0 saturated carbocycles. The van der Waals surface area contributed by atoms with Crippen molar-refractivity contribution in [3.63, 3.8) is 0 Å². The molecule has 0 amide bonds. The maximum Gasteiger partial charge on any atom is 0.303 e. The van der Waals surface area contributed by atoms with Gasteiger partial charge in [0.05, 0.1) is 11.0 Å². The molecule has 0 bridgehead atoms. The van der Waals surface area contributed by atoms with Crippen molar-refractivity contribution in [2.24, 2.45) is 0 Å². The first-order chi connectivity index (χ1) is 8.41. The van der Waals surface area contributed by atoms with Gasteiger partial charge in [0.2, 0.25) is 5.88 Å². The van der Waals surface area contributed by atoms with Crippen molar-refractivity contribution in [3.05, 3.63) is 14.9 Å². The minimum absolute atomic E-state index is 0.0206. The number of thiazole rings is 1. The molecule has 0 saturated heterocycles. The number of hydrogen-bond acceptors (Lipinski definition) is 5. The number of nitrogens with zero attached hydrogens (tertiary/aromatic N) is 1. The normalized spacial score (nSPS) is 13.0. The Kier molecular flexibility index (Phi) is 5.52. The molecule has 1 aromatic heterocycles. The van der Waals surface area contributed by atoms with Gasteiger partial charge in [-0.3, -0.25) is 9.36 Å². The number of rotatable bonds is 6. The van der Waals surface area contributed by atoms with E-state index in [9.17, 15) is 9.90 Å². The summed E-state index contributed by atoms with van der Waals surface area (Å²) < 4.78 is 1.99. The highest BCUT2D eigenvalue weighted by atomic mass is 32.1. The van der Waals surface area contributed by atoms with E-state index in [4.69, 9.17) is 22.4 Å². The maximum absolute atomic E-state index is 10.4. The minimum Gasteiger partial charge on any atom is -0.493 e. The first-order valence-corrected chi connectivity index (χ1v) is 6.65. The Morgan fingerprint density at radius 1 is 1.61 bits per heavy atom. The Morgan fingerprint density at radius 3 is 2.83 bits per heavy atom. The Balaban J connectivity index is 2.81. The van der Waals surface area contributed by atoms with Gasteiger partial charge in [-0.2, -0.15) is 0 Å². The second-order valence-electron chi connectivity index (χ2n) is 3.80. The SMILES string of the molecule is CC(O)C=Cc1sc(=S)n(CCCC(=O)O)c1O. The van der Waals surface area contributed by atoms with Crippen LogP contribution in [0.15, 0.2) is 6.08 Å². The van der Waals surface area contributed by atoms with E-state index in [-0.39, 0.29) is 12.3 Å². The Morgan fingerprint density at radius 2 is 2.28 bits per heavy atom. The van der Waals surface area contributed by atoms with Gasteiger partial charge >= 0.3 is 5.97 Å². The summed E-state index contributed by atoms with van der Waals surface area (Å²) in [4.78, 5) is 11.0. The number of carboxylic acid groups (broad SMARTS) is 1. The molecular formula is C11H15NO4S2. The first kappa shape index (κ1) is 14.9. The average molecular weight is 289 g/mol. The molecule has 1 heterocycles. The Hall–Kier alpha value is -1.18. The third-order valence-electron chi connectivity index (χ3n) is 2.19. The second-order valence-corrected chi connectivity index (χ2v) is 5.48. The number of aliphatic hydroxyl groups excluding tert-OH is 1. The zero-order valence-electron chi connectivity index (χ0n) is 9.87. The van der Waals surface area contributed by atoms with Gasteiger partial charge in [-0.1, -0.05) is 6.08 Å². The standard InChI is InChI=1S/C11H15NO4S2/c1-7(13)4-5-8-10(16)12(11(17)18-8)6-2-3-9(14)15/h4-5,7,13,16H,2-3,6H2,1H3,(H,14,15). The number of aliphatic carboxylic acids is 1. The molecule has 7 heteroatoms. The maximum atomic E-state index is 10.4. The lowest BCUT2D eigenvalue weighted by molar-refractivity contribution is -0.137. The summed E-state index contributed by atoms with van der Waals surface area (Å²) in [5, 5.41) is 27.6. The second kappa shape index (κ2) is 6.67. The molecule has 0 aliphatic carbocycles. The van der Waals surface area contributed by atoms with Gasteiger partial charge < -0.3 is 15.3 Å². The van der Waals surface area contributed by atoms with Crippen LogP contribution in [0.2, 0.25) is 0 Å². The average Bonchev–Trinajstić information content (AvgIpc) is 2.53. The van der Waals surface area contributed by atoms with Gasteiger partial charge in [-0.05, 0) is 31.6 Å². The van der Waals surface area contributed by atoms with E-state index in [0.29, 0.717) is 21.8 Å². The number of carboxylic acids is 1. The van der Waals surface area contributed by atoms with Crippen molar-refractivity contribution in [2.45, 2.75) is 32.4 Å². The van der Waals surface area contributed by atoms with Crippen LogP contribution in [0.25, 0.3) is 6.08 Å². The summed E-state index contributed by atoms with van der Waals surface area (Å²) in [6, 6.07) is 0. The highest BCUT2D eigenvalue weighted by Gasteiger charge is 2.10. The Labute approximate surface area is 114 Å². The van der Waals surface area contributed by atoms with Crippen molar-refractivity contribution in [1.29, 1.82) is 0 Å². The molecule has 18 heavy (non-hydrogen) atoms. The van der Waals surface area contributed by atoms with Gasteiger partial charge in [0, 0.05) is 13.0 Å². The smallest absolute Gasteiger partial charge is 0.303 e. The van der Waals surface area contributed by atoms with E-state index in [2.05, 4.69) is 0 Å². The fourth-order valence-electron chi connectivity index (χ4n) is 1.34. The van der Waals surface area contributed by atoms with Crippen molar-refractivity contribution in [1.82, 2.24) is 4.57 Å². The van der Waals surface area contributed by atoms with E-state index in [1.54, 1.807) is 19.1 Å². The predicted molar refractivity (Wildman–Crippen MR) is 72.4 cm³/mol. The fourth-order valence-corrected chi connectivity index (χ4v) is 2.61. The third kappa shape index (κ3) is 4.25. The van der Waals surface area contributed by atoms with Gasteiger partial charge in [0.15, 0.2) is 3.95 Å². The van der Waals surface area contributed by atoms with Crippen LogP contribution in [-0.2, 0) is 11.3 Å². The van der Waals surface area contributed by atoms with Crippen molar-refractivity contribution in [3.8, 4) is 5.88 Å². The summed E-state index contributed by atoms with van der Waals surface area (Å²) in [6.07, 6.45) is 3.00. The minimum atomic E-state index is -0.870. The highest BCUT2D eigenvalue weighted by Crippen LogP contribution is 2.27. The highest BCUT2D eigenvalue weighted by molar-refractivity contribution is 7.73. The van der Waals surface area contributed by atoms with Crippen LogP contribution in [0.4, 0.5) is 0 Å². The first-order valence-electron chi connectivity index (χ1n) is 5.42. The lowest BCUT2D eigenvalue weighted by Gasteiger charge is -2.02. The zero-order valence-corrected chi connectivity index (χ0v) is 11.5. The molecule has 1 atom stereocenters. The molecule has 0 aliphatic rings. The van der Waals surface area contributed by atoms with Crippen LogP contribution in [-0.4, -0.2) is 32.0 Å². The molecule has 1 rings (SSSR count). The van der Waals surface area contributed by atoms with E-state index in [1.807, 2.05) is 0 Å². The number of aromatic nitrogens is 1. The van der Waals surface area contributed by atoms with Crippen LogP contribution in [0, 0.1) is 3.95 Å². The predicted octanol–water partition coefficient (Wildman–Crippen LogP) is 2.24. The van der Waals surface area contributed by atoms with Gasteiger partial charge in [0.25, 0.3) is 0 Å². The number of aromatic hydroxyl groups is 1. The summed E-state index contributed by atoms with van der Waals surface area (Å²) in [6.45, 7) is 1.98. The van der Waals surface area contributed by atoms with Crippen LogP contribution in [0.3, 0.4) is 0 Å². The summed E-state index contributed by atoms with van der Waals surface area (Å²) in [7, 11) is 0. The van der Waals surface area contributed by atoms with Crippen molar-refractivity contribution in [2.75, 3.05) is 0 Å². The molecule has 0 spiro atoms. The van der Waals surface area contributed by atoms with E-state index < -0.39 is 12.1 Å². The van der Waals surface area contributed by atoms with Gasteiger partial charge in [-0.25, -0.2) is 0 Å². The third-order valence-corrected chi connectivity index (χ3v) is 3.60. The van der Waals surface area contributed by atoms with Crippen molar-refractivity contribution >= 4 is 35.6 Å². The molecule has 0 radical (unpaired) electrons. The zero-order chi connectivity index (χ0) is 13.7. The van der Waals surface area contributed by atoms with Crippen LogP contribution < -0.4 is 0 Å². The van der Waals surface area contributed by atoms with Gasteiger partial charge in [-0.15, -0.1) is 11.3 Å².